The SMILES string of the molecule is CC(C)(C)c1ccc([S+]2c3ccccc3S(=O)(=O)c3ccccc32)cc1.O=C(O)c1ccc([S+]2c3ccccc3NC(=O)c3ccccc32)cc1.O=C1Oc2ccccc2[S+](c2ccc([N+](=O)[O-])cc2)c2ccccc21.O=S1c2ccccc2[S+](c2ccc(-c3ccccc3)cc2)c2ccccc21. The van der Waals surface area contributed by atoms with Crippen LogP contribution in [0.1, 0.15) is 57.4 Å². The Labute approximate surface area is 611 Å². The van der Waals surface area contributed by atoms with E-state index in [1.54, 1.807) is 66.7 Å². The molecule has 0 fully saturated rings. The van der Waals surface area contributed by atoms with Gasteiger partial charge in [-0.05, 0) is 180 Å². The Morgan fingerprint density at radius 2 is 0.825 bits per heavy atom. The van der Waals surface area contributed by atoms with Gasteiger partial charge in [0.05, 0.1) is 42.3 Å². The lowest BCUT2D eigenvalue weighted by Crippen LogP contribution is -2.20. The Kier molecular flexibility index (Phi) is 19.9. The van der Waals surface area contributed by atoms with Gasteiger partial charge in [-0.3, -0.25) is 14.9 Å². The van der Waals surface area contributed by atoms with Gasteiger partial charge < -0.3 is 15.2 Å². The summed E-state index contributed by atoms with van der Waals surface area (Å²) in [5, 5.41) is 23.0. The number of para-hydroxylation sites is 2. The van der Waals surface area contributed by atoms with Crippen LogP contribution in [0.4, 0.5) is 11.4 Å². The van der Waals surface area contributed by atoms with Crippen LogP contribution in [-0.4, -0.2) is 40.5 Å². The molecule has 1 amide bonds. The number of nitrogens with one attached hydrogen (secondary N) is 1. The van der Waals surface area contributed by atoms with Gasteiger partial charge in [-0.15, -0.1) is 0 Å². The third-order valence-corrected chi connectivity index (χ3v) is 30.6. The third kappa shape index (κ3) is 14.0. The van der Waals surface area contributed by atoms with Gasteiger partial charge in [0.15, 0.2) is 59.6 Å². The van der Waals surface area contributed by atoms with Crippen molar-refractivity contribution in [3.8, 4) is 16.9 Å². The molecule has 18 heteroatoms. The molecule has 0 spiro atoms. The second kappa shape index (κ2) is 29.6. The van der Waals surface area contributed by atoms with Crippen LogP contribution in [-0.2, 0) is 69.6 Å². The van der Waals surface area contributed by atoms with Gasteiger partial charge in [0.1, 0.15) is 58.9 Å². The van der Waals surface area contributed by atoms with Crippen LogP contribution in [0.25, 0.3) is 11.1 Å². The summed E-state index contributed by atoms with van der Waals surface area (Å²) in [6.45, 7) is 6.59. The molecule has 0 bridgehead atoms. The number of anilines is 1. The number of hydrogen-bond acceptors (Lipinski definition) is 9. The number of hydrogen-bond donors (Lipinski definition) is 2. The van der Waals surface area contributed by atoms with Crippen molar-refractivity contribution in [1.29, 1.82) is 0 Å². The number of carboxylic acids is 1. The van der Waals surface area contributed by atoms with Crippen LogP contribution in [0.15, 0.2) is 400 Å². The number of sulfone groups is 1. The van der Waals surface area contributed by atoms with Crippen molar-refractivity contribution in [2.24, 2.45) is 0 Å². The number of esters is 1. The zero-order valence-electron chi connectivity index (χ0n) is 55.6. The van der Waals surface area contributed by atoms with E-state index in [0.29, 0.717) is 26.7 Å². The second-order valence-electron chi connectivity index (χ2n) is 24.8. The molecule has 0 radical (unpaired) electrons. The Hall–Kier alpha value is -10.8. The van der Waals surface area contributed by atoms with E-state index >= 15 is 0 Å². The highest BCUT2D eigenvalue weighted by atomic mass is 32.2. The largest absolute Gasteiger partial charge is 0.478 e. The van der Waals surface area contributed by atoms with E-state index < -0.39 is 64.2 Å². The molecular weight excluding hydrogens is 1400 g/mol. The van der Waals surface area contributed by atoms with Crippen molar-refractivity contribution in [2.75, 3.05) is 5.32 Å². The minimum absolute atomic E-state index is 0.0380. The zero-order chi connectivity index (χ0) is 71.5. The van der Waals surface area contributed by atoms with Crippen LogP contribution in [0.3, 0.4) is 0 Å². The predicted octanol–water partition coefficient (Wildman–Crippen LogP) is 19.4. The summed E-state index contributed by atoms with van der Waals surface area (Å²) in [4.78, 5) is 61.5. The molecule has 4 aliphatic rings. The highest BCUT2D eigenvalue weighted by Gasteiger charge is 2.46. The van der Waals surface area contributed by atoms with E-state index in [4.69, 9.17) is 9.84 Å². The fourth-order valence-corrected chi connectivity index (χ4v) is 25.8. The average molecular weight is 1470 g/mol. The molecule has 0 saturated heterocycles. The van der Waals surface area contributed by atoms with Crippen LogP contribution in [0.5, 0.6) is 5.75 Å². The van der Waals surface area contributed by atoms with Crippen LogP contribution in [0, 0.1) is 10.1 Å². The number of aromatic carboxylic acids is 1. The van der Waals surface area contributed by atoms with Crippen molar-refractivity contribution in [1.82, 2.24) is 0 Å². The number of nitro benzene ring substituents is 1. The van der Waals surface area contributed by atoms with Crippen molar-refractivity contribution < 1.29 is 41.8 Å². The first-order chi connectivity index (χ1) is 49.9. The highest BCUT2D eigenvalue weighted by molar-refractivity contribution is 8.01. The lowest BCUT2D eigenvalue weighted by Gasteiger charge is -2.21. The van der Waals surface area contributed by atoms with Crippen molar-refractivity contribution in [2.45, 2.75) is 105 Å². The van der Waals surface area contributed by atoms with Gasteiger partial charge in [-0.1, -0.05) is 160 Å². The number of carbonyl (C=O) groups is 3. The smallest absolute Gasteiger partial charge is 0.348 e. The molecule has 0 aliphatic carbocycles. The number of nitrogens with zero attached hydrogens (tertiary/aromatic N) is 1. The minimum atomic E-state index is -3.47. The Morgan fingerprint density at radius 3 is 1.37 bits per heavy atom. The molecule has 2 N–H and O–H groups in total. The molecule has 0 saturated carbocycles. The van der Waals surface area contributed by atoms with Gasteiger partial charge in [-0.2, -0.15) is 0 Å². The van der Waals surface area contributed by atoms with E-state index in [2.05, 4.69) is 111 Å². The molecule has 0 aromatic heterocycles. The Balaban J connectivity index is 0.000000116. The summed E-state index contributed by atoms with van der Waals surface area (Å²) in [6, 6.07) is 102. The van der Waals surface area contributed by atoms with Crippen molar-refractivity contribution >= 4 is 93.4 Å². The third-order valence-electron chi connectivity index (χ3n) is 17.3. The number of carbonyl (C=O) groups excluding carboxylic acids is 2. The number of ether oxygens (including phenoxy) is 1. The number of fused-ring (bicyclic) bond motifs is 8. The van der Waals surface area contributed by atoms with E-state index in [1.807, 2.05) is 158 Å². The molecule has 506 valence electrons. The first-order valence-electron chi connectivity index (χ1n) is 32.7. The van der Waals surface area contributed by atoms with Crippen LogP contribution < -0.4 is 10.1 Å². The normalized spacial score (nSPS) is 16.2. The van der Waals surface area contributed by atoms with Gasteiger partial charge in [-0.25, -0.2) is 22.2 Å². The highest BCUT2D eigenvalue weighted by Crippen LogP contribution is 2.48. The monoisotopic (exact) mass is 1460 g/mol. The fraction of sp³-hybridized carbons (Fsp3) is 0.0471. The van der Waals surface area contributed by atoms with E-state index in [9.17, 15) is 37.1 Å². The number of non-ortho nitro benzene ring substituents is 1. The predicted molar refractivity (Wildman–Crippen MR) is 407 cm³/mol. The van der Waals surface area contributed by atoms with Gasteiger partial charge in [0.2, 0.25) is 14.7 Å². The Morgan fingerprint density at radius 1 is 0.437 bits per heavy atom. The second-order valence-corrected chi connectivity index (χ2v) is 36.0. The summed E-state index contributed by atoms with van der Waals surface area (Å²) in [5.74, 6) is -0.945. The van der Waals surface area contributed by atoms with E-state index in [-0.39, 0.29) is 39.4 Å². The average Bonchev–Trinajstić information content (AvgIpc) is 1.48. The molecule has 103 heavy (non-hydrogen) atoms. The maximum absolute atomic E-state index is 13.1. The summed E-state index contributed by atoms with van der Waals surface area (Å²) < 4.78 is 44.7. The molecule has 4 heterocycles. The van der Waals surface area contributed by atoms with Gasteiger partial charge >= 0.3 is 11.9 Å². The molecule has 12 nitrogen and oxygen atoms in total. The number of amides is 1. The Bertz CT molecular complexity index is 5290. The topological polar surface area (TPSA) is 187 Å². The fourth-order valence-electron chi connectivity index (χ4n) is 12.3. The van der Waals surface area contributed by atoms with Crippen molar-refractivity contribution in [3.05, 3.63) is 354 Å². The maximum Gasteiger partial charge on any atom is 0.348 e. The first kappa shape index (κ1) is 69.3. The van der Waals surface area contributed by atoms with Crippen LogP contribution in [0.2, 0.25) is 0 Å². The van der Waals surface area contributed by atoms with Crippen LogP contribution >= 0.6 is 0 Å². The molecule has 4 aliphatic heterocycles. The lowest BCUT2D eigenvalue weighted by molar-refractivity contribution is -0.384. The maximum atomic E-state index is 13.1. The molecule has 2 unspecified atom stereocenters. The number of rotatable bonds is 7. The zero-order valence-corrected chi connectivity index (χ0v) is 60.5. The van der Waals surface area contributed by atoms with Gasteiger partial charge in [0.25, 0.3) is 11.6 Å². The lowest BCUT2D eigenvalue weighted by atomic mass is 9.87. The minimum Gasteiger partial charge on any atom is -0.478 e. The molecule has 2 atom stereocenters. The quantitative estimate of drug-likeness (QED) is 0.0511. The summed E-state index contributed by atoms with van der Waals surface area (Å²) >= 11 is 0. The summed E-state index contributed by atoms with van der Waals surface area (Å²) in [7, 11) is -6.31. The van der Waals surface area contributed by atoms with E-state index in [1.165, 1.54) is 43.5 Å². The number of carboxylic acid groups (broad SMARTS) is 1. The molecule has 17 rings (SSSR count). The van der Waals surface area contributed by atoms with Crippen molar-refractivity contribution in [3.63, 3.8) is 0 Å². The first-order valence-corrected chi connectivity index (χ1v) is 40.2. The van der Waals surface area contributed by atoms with E-state index in [0.717, 1.165) is 59.5 Å². The molecule has 13 aromatic carbocycles. The van der Waals surface area contributed by atoms with Gasteiger partial charge in [0, 0.05) is 24.3 Å². The number of nitro groups is 1. The number of benzene rings is 13. The summed E-state index contributed by atoms with van der Waals surface area (Å²) in [6.07, 6.45) is 0. The molecule has 13 aromatic rings. The summed E-state index contributed by atoms with van der Waals surface area (Å²) in [5.41, 5.74) is 6.03. The molecular formula is C85H64N2O10S6+4. The standard InChI is InChI=1S/C24H17OS2.C22H21O2S2.C20H13NO3S.C19H12NO4S/c25-27-23-12-6-4-10-21(23)26(22-11-5-7-13-24(22)27)20-16-14-19(15-17-20)18-8-2-1-3-9-18;1-22(2,3)16-12-14-17(15-13-16)25-18-8-4-6-10-20(18)26(23,24)21-11-7-5-9-19(21)25;22-19-15-5-1-3-7-17(15)25(18-8-4-2-6-16(18)21-19)14-11-9-13(10-12-14)20(23)24;21-19-15-5-1-3-7-17(15)25(18-8-4-2-6-16(18)24-19)14-11-9-13(10-12-14)20(22)23/h1-17H;4-15H,1-3H3;1-12H,(H-,21,22,23,24);1-12H/q2*+1;;+1/p+1.